The van der Waals surface area contributed by atoms with Crippen LogP contribution in [-0.4, -0.2) is 13.1 Å². The maximum Gasteiger partial charge on any atom is 0.123 e. The lowest BCUT2D eigenvalue weighted by atomic mass is 9.89. The predicted molar refractivity (Wildman–Crippen MR) is 76.2 cm³/mol. The van der Waals surface area contributed by atoms with Gasteiger partial charge in [0.25, 0.3) is 0 Å². The third-order valence-corrected chi connectivity index (χ3v) is 3.19. The Balaban J connectivity index is 2.05. The van der Waals surface area contributed by atoms with Crippen LogP contribution in [0.3, 0.4) is 0 Å². The molecule has 1 aromatic rings. The molecular formula is C16H23FN2. The molecule has 0 bridgehead atoms. The van der Waals surface area contributed by atoms with E-state index in [9.17, 15) is 4.39 Å². The van der Waals surface area contributed by atoms with Gasteiger partial charge in [0, 0.05) is 0 Å². The van der Waals surface area contributed by atoms with E-state index in [1.807, 2.05) is 19.9 Å². The molecule has 0 spiro atoms. The fourth-order valence-corrected chi connectivity index (χ4v) is 1.92. The molecule has 0 aliphatic rings. The van der Waals surface area contributed by atoms with Gasteiger partial charge in [-0.2, -0.15) is 5.26 Å². The lowest BCUT2D eigenvalue weighted by Crippen LogP contribution is -2.19. The first-order valence-electron chi connectivity index (χ1n) is 6.90. The molecule has 0 amide bonds. The van der Waals surface area contributed by atoms with E-state index >= 15 is 0 Å². The summed E-state index contributed by atoms with van der Waals surface area (Å²) < 4.78 is 12.9. The highest BCUT2D eigenvalue weighted by atomic mass is 19.1. The molecule has 0 fully saturated rings. The zero-order valence-electron chi connectivity index (χ0n) is 11.9. The van der Waals surface area contributed by atoms with Crippen molar-refractivity contribution in [1.29, 1.82) is 5.26 Å². The number of rotatable bonds is 8. The lowest BCUT2D eigenvalue weighted by Gasteiger charge is -2.14. The van der Waals surface area contributed by atoms with Gasteiger partial charge in [0.2, 0.25) is 0 Å². The van der Waals surface area contributed by atoms with Gasteiger partial charge in [-0.3, -0.25) is 0 Å². The summed E-state index contributed by atoms with van der Waals surface area (Å²) in [6.07, 6.45) is 3.93. The zero-order valence-corrected chi connectivity index (χ0v) is 11.9. The van der Waals surface area contributed by atoms with Crippen molar-refractivity contribution < 1.29 is 4.39 Å². The van der Waals surface area contributed by atoms with Crippen LogP contribution < -0.4 is 5.32 Å². The van der Waals surface area contributed by atoms with Gasteiger partial charge in [-0.25, -0.2) is 4.39 Å². The fraction of sp³-hybridized carbons (Fsp3) is 0.562. The minimum atomic E-state index is -0.207. The van der Waals surface area contributed by atoms with Gasteiger partial charge < -0.3 is 5.32 Å². The molecule has 0 unspecified atom stereocenters. The topological polar surface area (TPSA) is 35.8 Å². The van der Waals surface area contributed by atoms with Crippen LogP contribution >= 0.6 is 0 Å². The van der Waals surface area contributed by atoms with Gasteiger partial charge in [-0.15, -0.1) is 0 Å². The minimum absolute atomic E-state index is 0.170. The largest absolute Gasteiger partial charge is 0.316 e. The van der Waals surface area contributed by atoms with Gasteiger partial charge in [-0.05, 0) is 63.9 Å². The molecule has 0 radical (unpaired) electrons. The predicted octanol–water partition coefficient (Wildman–Crippen LogP) is 3.68. The second kappa shape index (κ2) is 7.91. The van der Waals surface area contributed by atoms with Crippen molar-refractivity contribution in [2.75, 3.05) is 13.1 Å². The van der Waals surface area contributed by atoms with Crippen molar-refractivity contribution in [3.8, 4) is 6.07 Å². The Hall–Kier alpha value is -1.40. The summed E-state index contributed by atoms with van der Waals surface area (Å²) in [7, 11) is 0. The Morgan fingerprint density at radius 1 is 1.26 bits per heavy atom. The van der Waals surface area contributed by atoms with Crippen molar-refractivity contribution >= 4 is 0 Å². The van der Waals surface area contributed by atoms with E-state index in [0.29, 0.717) is 0 Å². The van der Waals surface area contributed by atoms with E-state index in [4.69, 9.17) is 5.26 Å². The van der Waals surface area contributed by atoms with Crippen LogP contribution in [0, 0.1) is 22.6 Å². The molecule has 3 heteroatoms. The van der Waals surface area contributed by atoms with E-state index in [-0.39, 0.29) is 11.2 Å². The molecule has 1 aromatic carbocycles. The summed E-state index contributed by atoms with van der Waals surface area (Å²) in [5.74, 6) is -0.170. The standard InChI is InChI=1S/C16H23FN2/c1-16(2,13-18)9-3-4-10-19-11-8-14-6-5-7-15(17)12-14/h5-7,12,19H,3-4,8-11H2,1-2H3. The van der Waals surface area contributed by atoms with Gasteiger partial charge in [0.05, 0.1) is 11.5 Å². The summed E-state index contributed by atoms with van der Waals surface area (Å²) in [4.78, 5) is 0. The molecular weight excluding hydrogens is 239 g/mol. The summed E-state index contributed by atoms with van der Waals surface area (Å²) in [5.41, 5.74) is 0.819. The average Bonchev–Trinajstić information content (AvgIpc) is 2.38. The number of nitrogens with one attached hydrogen (secondary N) is 1. The van der Waals surface area contributed by atoms with Crippen LogP contribution in [0.15, 0.2) is 24.3 Å². The summed E-state index contributed by atoms with van der Waals surface area (Å²) >= 11 is 0. The first-order valence-corrected chi connectivity index (χ1v) is 6.90. The average molecular weight is 262 g/mol. The molecule has 0 saturated heterocycles. The van der Waals surface area contributed by atoms with Crippen molar-refractivity contribution in [3.05, 3.63) is 35.6 Å². The van der Waals surface area contributed by atoms with Crippen LogP contribution in [0.4, 0.5) is 4.39 Å². The Labute approximate surface area is 115 Å². The zero-order chi connectivity index (χ0) is 14.1. The van der Waals surface area contributed by atoms with Crippen molar-refractivity contribution in [2.45, 2.75) is 39.5 Å². The SMILES string of the molecule is CC(C)(C#N)CCCCNCCc1cccc(F)c1. The number of nitriles is 1. The lowest BCUT2D eigenvalue weighted by molar-refractivity contribution is 0.423. The molecule has 0 saturated carbocycles. The number of hydrogen-bond donors (Lipinski definition) is 1. The van der Waals surface area contributed by atoms with Crippen LogP contribution in [0.2, 0.25) is 0 Å². The van der Waals surface area contributed by atoms with E-state index in [1.165, 1.54) is 6.07 Å². The fourth-order valence-electron chi connectivity index (χ4n) is 1.92. The van der Waals surface area contributed by atoms with E-state index in [2.05, 4.69) is 11.4 Å². The quantitative estimate of drug-likeness (QED) is 0.725. The van der Waals surface area contributed by atoms with E-state index < -0.39 is 0 Å². The summed E-state index contributed by atoms with van der Waals surface area (Å²) in [6, 6.07) is 9.05. The van der Waals surface area contributed by atoms with Crippen LogP contribution in [0.5, 0.6) is 0 Å². The number of unbranched alkanes of at least 4 members (excludes halogenated alkanes) is 1. The van der Waals surface area contributed by atoms with Crippen LogP contribution in [0.1, 0.15) is 38.7 Å². The number of hydrogen-bond acceptors (Lipinski definition) is 2. The Bertz CT molecular complexity index is 421. The maximum absolute atomic E-state index is 12.9. The number of benzene rings is 1. The number of halogens is 1. The van der Waals surface area contributed by atoms with Crippen molar-refractivity contribution in [1.82, 2.24) is 5.32 Å². The normalized spacial score (nSPS) is 11.3. The highest BCUT2D eigenvalue weighted by Gasteiger charge is 2.14. The Morgan fingerprint density at radius 2 is 2.05 bits per heavy atom. The number of nitrogens with zero attached hydrogens (tertiary/aromatic N) is 1. The second-order valence-corrected chi connectivity index (χ2v) is 5.58. The maximum atomic E-state index is 12.9. The molecule has 0 atom stereocenters. The molecule has 1 rings (SSSR count). The van der Waals surface area contributed by atoms with Crippen LogP contribution in [0.25, 0.3) is 0 Å². The highest BCUT2D eigenvalue weighted by molar-refractivity contribution is 5.16. The van der Waals surface area contributed by atoms with E-state index in [1.54, 1.807) is 12.1 Å². The van der Waals surface area contributed by atoms with Gasteiger partial charge >= 0.3 is 0 Å². The molecule has 0 aliphatic carbocycles. The molecule has 0 aromatic heterocycles. The second-order valence-electron chi connectivity index (χ2n) is 5.58. The minimum Gasteiger partial charge on any atom is -0.316 e. The third kappa shape index (κ3) is 6.93. The molecule has 1 N–H and O–H groups in total. The van der Waals surface area contributed by atoms with Gasteiger partial charge in [0.1, 0.15) is 5.82 Å². The van der Waals surface area contributed by atoms with Gasteiger partial charge in [0.15, 0.2) is 0 Å². The van der Waals surface area contributed by atoms with E-state index in [0.717, 1.165) is 44.3 Å². The first kappa shape index (κ1) is 15.7. The molecule has 2 nitrogen and oxygen atoms in total. The third-order valence-electron chi connectivity index (χ3n) is 3.19. The summed E-state index contributed by atoms with van der Waals surface area (Å²) in [6.45, 7) is 5.77. The van der Waals surface area contributed by atoms with Crippen molar-refractivity contribution in [3.63, 3.8) is 0 Å². The molecule has 0 heterocycles. The smallest absolute Gasteiger partial charge is 0.123 e. The first-order chi connectivity index (χ1) is 9.03. The van der Waals surface area contributed by atoms with Crippen molar-refractivity contribution in [2.24, 2.45) is 5.41 Å². The van der Waals surface area contributed by atoms with Crippen LogP contribution in [-0.2, 0) is 6.42 Å². The summed E-state index contributed by atoms with van der Waals surface area (Å²) in [5, 5.41) is 12.2. The van der Waals surface area contributed by atoms with Gasteiger partial charge in [-0.1, -0.05) is 18.6 Å². The molecule has 104 valence electrons. The molecule has 19 heavy (non-hydrogen) atoms. The Morgan fingerprint density at radius 3 is 2.74 bits per heavy atom. The highest BCUT2D eigenvalue weighted by Crippen LogP contribution is 2.21. The Kier molecular flexibility index (Phi) is 6.52. The molecule has 0 aliphatic heterocycles. The monoisotopic (exact) mass is 262 g/mol.